The maximum Gasteiger partial charge on any atom is 0.255 e. The van der Waals surface area contributed by atoms with Crippen LogP contribution in [0.15, 0.2) is 47.2 Å². The van der Waals surface area contributed by atoms with Gasteiger partial charge in [-0.2, -0.15) is 0 Å². The first-order chi connectivity index (χ1) is 10.1. The molecule has 0 aliphatic rings. The third kappa shape index (κ3) is 4.39. The van der Waals surface area contributed by atoms with Crippen molar-refractivity contribution in [1.82, 2.24) is 9.88 Å². The Labute approximate surface area is 134 Å². The van der Waals surface area contributed by atoms with E-state index in [-0.39, 0.29) is 5.91 Å². The molecule has 0 saturated carbocycles. The minimum absolute atomic E-state index is 0.0254. The summed E-state index contributed by atoms with van der Waals surface area (Å²) in [6.07, 6.45) is 2.55. The largest absolute Gasteiger partial charge is 0.334 e. The lowest BCUT2D eigenvalue weighted by molar-refractivity contribution is 0.0742. The number of aromatic nitrogens is 1. The van der Waals surface area contributed by atoms with Crippen LogP contribution in [0.4, 0.5) is 0 Å². The van der Waals surface area contributed by atoms with Crippen molar-refractivity contribution >= 4 is 21.8 Å². The van der Waals surface area contributed by atoms with Crippen LogP contribution in [-0.2, 0) is 6.54 Å². The Balaban J connectivity index is 2.15. The predicted octanol–water partition coefficient (Wildman–Crippen LogP) is 4.20. The number of pyridine rings is 1. The fraction of sp³-hybridized carbons (Fsp3) is 0.294. The number of carbonyl (C=O) groups excluding carboxylic acids is 1. The zero-order valence-corrected chi connectivity index (χ0v) is 13.9. The van der Waals surface area contributed by atoms with Crippen molar-refractivity contribution in [2.45, 2.75) is 26.8 Å². The second-order valence-corrected chi connectivity index (χ2v) is 5.89. The molecule has 0 atom stereocenters. The van der Waals surface area contributed by atoms with Crippen molar-refractivity contribution in [2.24, 2.45) is 0 Å². The maximum absolute atomic E-state index is 12.6. The van der Waals surface area contributed by atoms with Gasteiger partial charge in [-0.1, -0.05) is 36.8 Å². The van der Waals surface area contributed by atoms with Gasteiger partial charge >= 0.3 is 0 Å². The average Bonchev–Trinajstić information content (AvgIpc) is 2.49. The van der Waals surface area contributed by atoms with E-state index in [0.29, 0.717) is 12.1 Å². The van der Waals surface area contributed by atoms with E-state index in [1.165, 1.54) is 5.56 Å². The molecule has 1 aromatic carbocycles. The minimum Gasteiger partial charge on any atom is -0.334 e. The summed E-state index contributed by atoms with van der Waals surface area (Å²) in [6.45, 7) is 5.51. The summed E-state index contributed by atoms with van der Waals surface area (Å²) in [5, 5.41) is 0. The van der Waals surface area contributed by atoms with E-state index >= 15 is 0 Å². The van der Waals surface area contributed by atoms with Crippen molar-refractivity contribution in [3.63, 3.8) is 0 Å². The van der Waals surface area contributed by atoms with Gasteiger partial charge in [0.25, 0.3) is 5.91 Å². The third-order valence-electron chi connectivity index (χ3n) is 3.25. The molecule has 0 unspecified atom stereocenters. The number of halogens is 1. The van der Waals surface area contributed by atoms with E-state index in [1.807, 2.05) is 4.90 Å². The Bertz CT molecular complexity index is 593. The molecule has 0 N–H and O–H groups in total. The van der Waals surface area contributed by atoms with Crippen LogP contribution in [0.2, 0.25) is 0 Å². The van der Waals surface area contributed by atoms with E-state index in [9.17, 15) is 4.79 Å². The Morgan fingerprint density at radius 2 is 1.90 bits per heavy atom. The van der Waals surface area contributed by atoms with Gasteiger partial charge in [-0.15, -0.1) is 0 Å². The molecule has 1 amide bonds. The van der Waals surface area contributed by atoms with E-state index in [1.54, 1.807) is 18.3 Å². The first kappa shape index (κ1) is 15.7. The lowest BCUT2D eigenvalue weighted by Crippen LogP contribution is -2.31. The van der Waals surface area contributed by atoms with Crippen molar-refractivity contribution in [3.8, 4) is 0 Å². The van der Waals surface area contributed by atoms with Crippen LogP contribution >= 0.6 is 15.9 Å². The highest BCUT2D eigenvalue weighted by atomic mass is 79.9. The average molecular weight is 347 g/mol. The van der Waals surface area contributed by atoms with Crippen LogP contribution in [0.3, 0.4) is 0 Å². The summed E-state index contributed by atoms with van der Waals surface area (Å²) >= 11 is 3.29. The number of hydrogen-bond acceptors (Lipinski definition) is 2. The van der Waals surface area contributed by atoms with Crippen molar-refractivity contribution < 1.29 is 4.79 Å². The quantitative estimate of drug-likeness (QED) is 0.760. The van der Waals surface area contributed by atoms with E-state index < -0.39 is 0 Å². The van der Waals surface area contributed by atoms with Gasteiger partial charge < -0.3 is 4.90 Å². The summed E-state index contributed by atoms with van der Waals surface area (Å²) in [7, 11) is 0. The molecule has 0 spiro atoms. The molecule has 2 aromatic rings. The van der Waals surface area contributed by atoms with Crippen LogP contribution in [-0.4, -0.2) is 22.3 Å². The topological polar surface area (TPSA) is 33.2 Å². The maximum atomic E-state index is 12.6. The second-order valence-electron chi connectivity index (χ2n) is 5.08. The van der Waals surface area contributed by atoms with Crippen LogP contribution < -0.4 is 0 Å². The highest BCUT2D eigenvalue weighted by molar-refractivity contribution is 9.10. The Kier molecular flexibility index (Phi) is 5.51. The van der Waals surface area contributed by atoms with Gasteiger partial charge in [0.05, 0.1) is 5.56 Å². The van der Waals surface area contributed by atoms with Gasteiger partial charge in [0, 0.05) is 19.3 Å². The van der Waals surface area contributed by atoms with Crippen molar-refractivity contribution in [3.05, 3.63) is 63.9 Å². The lowest BCUT2D eigenvalue weighted by atomic mass is 10.1. The van der Waals surface area contributed by atoms with Crippen LogP contribution in [0, 0.1) is 6.92 Å². The molecule has 0 bridgehead atoms. The van der Waals surface area contributed by atoms with Gasteiger partial charge in [-0.3, -0.25) is 4.79 Å². The molecule has 2 rings (SSSR count). The van der Waals surface area contributed by atoms with Gasteiger partial charge in [0.15, 0.2) is 0 Å². The van der Waals surface area contributed by atoms with E-state index in [2.05, 4.69) is 59.0 Å². The third-order valence-corrected chi connectivity index (χ3v) is 3.72. The Morgan fingerprint density at radius 3 is 2.48 bits per heavy atom. The Hall–Kier alpha value is -1.68. The lowest BCUT2D eigenvalue weighted by Gasteiger charge is -2.22. The molecule has 1 heterocycles. The number of benzene rings is 1. The summed E-state index contributed by atoms with van der Waals surface area (Å²) in [4.78, 5) is 18.6. The number of amides is 1. The van der Waals surface area contributed by atoms with E-state index in [0.717, 1.165) is 23.1 Å². The molecule has 0 fully saturated rings. The first-order valence-electron chi connectivity index (χ1n) is 7.06. The van der Waals surface area contributed by atoms with Gasteiger partial charge in [0.1, 0.15) is 4.60 Å². The fourth-order valence-corrected chi connectivity index (χ4v) is 2.36. The number of rotatable bonds is 5. The molecule has 0 aliphatic carbocycles. The van der Waals surface area contributed by atoms with Crippen LogP contribution in [0.1, 0.15) is 34.8 Å². The summed E-state index contributed by atoms with van der Waals surface area (Å²) in [5.74, 6) is 0.0254. The van der Waals surface area contributed by atoms with Crippen molar-refractivity contribution in [2.75, 3.05) is 6.54 Å². The number of nitrogens with zero attached hydrogens (tertiary/aromatic N) is 2. The first-order valence-corrected chi connectivity index (χ1v) is 7.86. The zero-order valence-electron chi connectivity index (χ0n) is 12.3. The van der Waals surface area contributed by atoms with Gasteiger partial charge in [-0.05, 0) is 47.0 Å². The molecular formula is C17H19BrN2O. The molecule has 21 heavy (non-hydrogen) atoms. The normalized spacial score (nSPS) is 10.4. The summed E-state index contributed by atoms with van der Waals surface area (Å²) in [6, 6.07) is 11.9. The molecular weight excluding hydrogens is 328 g/mol. The molecule has 1 aromatic heterocycles. The molecule has 0 aliphatic heterocycles. The number of carbonyl (C=O) groups is 1. The van der Waals surface area contributed by atoms with Crippen molar-refractivity contribution in [1.29, 1.82) is 0 Å². The SMILES string of the molecule is CCCN(Cc1ccc(C)cc1)C(=O)c1ccc(Br)nc1. The molecule has 4 heteroatoms. The summed E-state index contributed by atoms with van der Waals surface area (Å²) in [5.41, 5.74) is 3.00. The zero-order chi connectivity index (χ0) is 15.2. The number of aryl methyl sites for hydroxylation is 1. The highest BCUT2D eigenvalue weighted by Gasteiger charge is 2.15. The monoisotopic (exact) mass is 346 g/mol. The predicted molar refractivity (Wildman–Crippen MR) is 88.1 cm³/mol. The number of hydrogen-bond donors (Lipinski definition) is 0. The standard InChI is InChI=1S/C17H19BrN2O/c1-3-10-20(12-14-6-4-13(2)5-7-14)17(21)15-8-9-16(18)19-11-15/h4-9,11H,3,10,12H2,1-2H3. The molecule has 0 radical (unpaired) electrons. The second kappa shape index (κ2) is 7.36. The van der Waals surface area contributed by atoms with E-state index in [4.69, 9.17) is 0 Å². The molecule has 0 saturated heterocycles. The summed E-state index contributed by atoms with van der Waals surface area (Å²) < 4.78 is 0.736. The molecule has 3 nitrogen and oxygen atoms in total. The fourth-order valence-electron chi connectivity index (χ4n) is 2.12. The molecule has 110 valence electrons. The van der Waals surface area contributed by atoms with Crippen LogP contribution in [0.25, 0.3) is 0 Å². The van der Waals surface area contributed by atoms with Crippen LogP contribution in [0.5, 0.6) is 0 Å². The minimum atomic E-state index is 0.0254. The smallest absolute Gasteiger partial charge is 0.255 e. The Morgan fingerprint density at radius 1 is 1.19 bits per heavy atom. The highest BCUT2D eigenvalue weighted by Crippen LogP contribution is 2.13. The van der Waals surface area contributed by atoms with Gasteiger partial charge in [0.2, 0.25) is 0 Å². The van der Waals surface area contributed by atoms with Gasteiger partial charge in [-0.25, -0.2) is 4.98 Å².